The van der Waals surface area contributed by atoms with Crippen molar-refractivity contribution in [1.29, 1.82) is 5.26 Å². The van der Waals surface area contributed by atoms with Gasteiger partial charge in [-0.25, -0.2) is 15.0 Å². The maximum atomic E-state index is 12.8. The largest absolute Gasteiger partial charge is 0.494 e. The number of nitrogens with zero attached hydrogens (tertiary/aromatic N) is 6. The van der Waals surface area contributed by atoms with Gasteiger partial charge in [0.05, 0.1) is 19.2 Å². The van der Waals surface area contributed by atoms with Gasteiger partial charge >= 0.3 is 0 Å². The third-order valence-electron chi connectivity index (χ3n) is 6.06. The number of anilines is 2. The molecule has 3 aromatic rings. The van der Waals surface area contributed by atoms with Crippen LogP contribution in [0.1, 0.15) is 47.2 Å². The van der Waals surface area contributed by atoms with Gasteiger partial charge in [0.15, 0.2) is 5.13 Å². The van der Waals surface area contributed by atoms with Crippen LogP contribution in [0.15, 0.2) is 35.7 Å². The molecule has 1 unspecified atom stereocenters. The summed E-state index contributed by atoms with van der Waals surface area (Å²) in [6, 6.07) is 11.3. The van der Waals surface area contributed by atoms with Crippen molar-refractivity contribution in [3.05, 3.63) is 57.9 Å². The number of thiazole rings is 1. The lowest BCUT2D eigenvalue weighted by molar-refractivity contribution is 0.0783. The first-order valence-electron chi connectivity index (χ1n) is 12.2. The highest BCUT2D eigenvalue weighted by Gasteiger charge is 2.24. The van der Waals surface area contributed by atoms with E-state index in [1.165, 1.54) is 11.3 Å². The summed E-state index contributed by atoms with van der Waals surface area (Å²) in [5.74, 6) is 2.22. The van der Waals surface area contributed by atoms with E-state index in [0.29, 0.717) is 47.8 Å². The lowest BCUT2D eigenvalue weighted by atomic mass is 9.97. The van der Waals surface area contributed by atoms with Crippen LogP contribution in [0.2, 0.25) is 5.02 Å². The SMILES string of the molecule is Cc1cc(Nc2nc(C(=O)N(C)CCCOc3ccc(Cl)cc3)cs2)nc(C2CCCN(CC#N)C2)n1. The van der Waals surface area contributed by atoms with E-state index >= 15 is 0 Å². The molecule has 1 atom stereocenters. The first-order chi connectivity index (χ1) is 17.9. The Morgan fingerprint density at radius 2 is 2.14 bits per heavy atom. The van der Waals surface area contributed by atoms with Crippen molar-refractivity contribution in [3.63, 3.8) is 0 Å². The quantitative estimate of drug-likeness (QED) is 0.287. The fourth-order valence-corrected chi connectivity index (χ4v) is 5.02. The molecule has 0 bridgehead atoms. The number of hydrogen-bond donors (Lipinski definition) is 1. The summed E-state index contributed by atoms with van der Waals surface area (Å²) >= 11 is 7.25. The van der Waals surface area contributed by atoms with Crippen LogP contribution < -0.4 is 10.1 Å². The fourth-order valence-electron chi connectivity index (χ4n) is 4.21. The summed E-state index contributed by atoms with van der Waals surface area (Å²) in [6.07, 6.45) is 2.71. The van der Waals surface area contributed by atoms with E-state index in [9.17, 15) is 4.79 Å². The van der Waals surface area contributed by atoms with Gasteiger partial charge in [0.25, 0.3) is 5.91 Å². The molecule has 1 saturated heterocycles. The van der Waals surface area contributed by atoms with Crippen molar-refractivity contribution in [1.82, 2.24) is 24.8 Å². The Kier molecular flexibility index (Phi) is 9.28. The monoisotopic (exact) mass is 539 g/mol. The van der Waals surface area contributed by atoms with Crippen LogP contribution in [0.3, 0.4) is 0 Å². The summed E-state index contributed by atoms with van der Waals surface area (Å²) in [5.41, 5.74) is 1.25. The molecule has 0 saturated carbocycles. The van der Waals surface area contributed by atoms with Gasteiger partial charge in [-0.05, 0) is 57.0 Å². The second-order valence-corrected chi connectivity index (χ2v) is 10.3. The molecule has 1 aromatic carbocycles. The van der Waals surface area contributed by atoms with E-state index in [0.717, 1.165) is 43.2 Å². The minimum absolute atomic E-state index is 0.143. The smallest absolute Gasteiger partial charge is 0.273 e. The van der Waals surface area contributed by atoms with Crippen molar-refractivity contribution in [2.24, 2.45) is 0 Å². The number of ether oxygens (including phenoxy) is 1. The lowest BCUT2D eigenvalue weighted by Gasteiger charge is -2.30. The zero-order chi connectivity index (χ0) is 26.2. The van der Waals surface area contributed by atoms with Gasteiger partial charge < -0.3 is 15.0 Å². The van der Waals surface area contributed by atoms with Crippen molar-refractivity contribution in [2.45, 2.75) is 32.1 Å². The molecule has 4 rings (SSSR count). The van der Waals surface area contributed by atoms with Crippen molar-refractivity contribution in [3.8, 4) is 11.8 Å². The summed E-state index contributed by atoms with van der Waals surface area (Å²) in [4.78, 5) is 30.5. The number of piperidine rings is 1. The normalized spacial score (nSPS) is 15.7. The predicted molar refractivity (Wildman–Crippen MR) is 145 cm³/mol. The first kappa shape index (κ1) is 26.8. The average Bonchev–Trinajstić information content (AvgIpc) is 3.35. The van der Waals surface area contributed by atoms with Gasteiger partial charge in [0.2, 0.25) is 0 Å². The molecule has 0 spiro atoms. The maximum absolute atomic E-state index is 12.8. The number of halogens is 1. The Bertz CT molecular complexity index is 1240. The molecule has 1 fully saturated rings. The lowest BCUT2D eigenvalue weighted by Crippen LogP contribution is -2.35. The summed E-state index contributed by atoms with van der Waals surface area (Å²) in [5, 5.41) is 15.3. The second kappa shape index (κ2) is 12.8. The summed E-state index contributed by atoms with van der Waals surface area (Å²) in [7, 11) is 1.76. The second-order valence-electron chi connectivity index (χ2n) is 9.03. The Morgan fingerprint density at radius 3 is 2.92 bits per heavy atom. The third-order valence-corrected chi connectivity index (χ3v) is 7.07. The molecule has 9 nitrogen and oxygen atoms in total. The number of aryl methyl sites for hydroxylation is 1. The highest BCUT2D eigenvalue weighted by atomic mass is 35.5. The number of nitrogens with one attached hydrogen (secondary N) is 1. The molecular formula is C26H30ClN7O2S. The Morgan fingerprint density at radius 1 is 1.32 bits per heavy atom. The molecule has 1 amide bonds. The number of carbonyl (C=O) groups excluding carboxylic acids is 1. The Balaban J connectivity index is 1.31. The van der Waals surface area contributed by atoms with Crippen molar-refractivity contribution in [2.75, 3.05) is 45.2 Å². The van der Waals surface area contributed by atoms with Gasteiger partial charge in [-0.15, -0.1) is 11.3 Å². The number of carbonyl (C=O) groups is 1. The Hall–Kier alpha value is -3.26. The van der Waals surface area contributed by atoms with Crippen LogP contribution in [-0.4, -0.2) is 70.5 Å². The zero-order valence-corrected chi connectivity index (χ0v) is 22.6. The van der Waals surface area contributed by atoms with E-state index in [1.807, 2.05) is 25.1 Å². The van der Waals surface area contributed by atoms with Gasteiger partial charge in [-0.2, -0.15) is 5.26 Å². The van der Waals surface area contributed by atoms with Gasteiger partial charge in [0, 0.05) is 48.2 Å². The van der Waals surface area contributed by atoms with Crippen LogP contribution in [0.4, 0.5) is 10.9 Å². The fraction of sp³-hybridized carbons (Fsp3) is 0.423. The van der Waals surface area contributed by atoms with Crippen LogP contribution in [-0.2, 0) is 0 Å². The first-order valence-corrected chi connectivity index (χ1v) is 13.5. The highest BCUT2D eigenvalue weighted by Crippen LogP contribution is 2.27. The number of nitriles is 1. The van der Waals surface area contributed by atoms with Crippen LogP contribution in [0.25, 0.3) is 0 Å². The Labute approximate surface area is 226 Å². The molecule has 0 radical (unpaired) electrons. The summed E-state index contributed by atoms with van der Waals surface area (Å²) < 4.78 is 5.70. The zero-order valence-electron chi connectivity index (χ0n) is 21.0. The van der Waals surface area contributed by atoms with Crippen molar-refractivity contribution < 1.29 is 9.53 Å². The number of likely N-dealkylation sites (tertiary alicyclic amines) is 1. The molecule has 37 heavy (non-hydrogen) atoms. The number of benzene rings is 1. The van der Waals surface area contributed by atoms with Gasteiger partial charge in [-0.1, -0.05) is 11.6 Å². The number of hydrogen-bond acceptors (Lipinski definition) is 9. The standard InChI is InChI=1S/C26H30ClN7O2S/c1-18-15-23(31-24(29-18)19-5-3-12-34(16-19)13-10-28)32-26-30-22(17-37-26)25(35)33(2)11-4-14-36-21-8-6-20(27)7-9-21/h6-9,15,17,19H,3-5,11-14,16H2,1-2H3,(H,29,30,31,32). The number of amides is 1. The molecule has 1 aliphatic heterocycles. The highest BCUT2D eigenvalue weighted by molar-refractivity contribution is 7.14. The minimum atomic E-state index is -0.143. The summed E-state index contributed by atoms with van der Waals surface area (Å²) in [6.45, 7) is 5.12. The van der Waals surface area contributed by atoms with Crippen LogP contribution in [0, 0.1) is 18.3 Å². The van der Waals surface area contributed by atoms with E-state index in [-0.39, 0.29) is 11.8 Å². The minimum Gasteiger partial charge on any atom is -0.494 e. The molecule has 2 aromatic heterocycles. The van der Waals surface area contributed by atoms with Gasteiger partial charge in [-0.3, -0.25) is 9.69 Å². The molecule has 194 valence electrons. The van der Waals surface area contributed by atoms with Crippen LogP contribution >= 0.6 is 22.9 Å². The molecule has 11 heteroatoms. The molecule has 3 heterocycles. The molecule has 1 aliphatic rings. The van der Waals surface area contributed by atoms with E-state index in [2.05, 4.69) is 26.3 Å². The third kappa shape index (κ3) is 7.61. The van der Waals surface area contributed by atoms with Crippen LogP contribution in [0.5, 0.6) is 5.75 Å². The maximum Gasteiger partial charge on any atom is 0.273 e. The molecule has 0 aliphatic carbocycles. The van der Waals surface area contributed by atoms with Gasteiger partial charge in [0.1, 0.15) is 23.1 Å². The van der Waals surface area contributed by atoms with E-state index in [4.69, 9.17) is 26.6 Å². The average molecular weight is 540 g/mol. The number of aromatic nitrogens is 3. The topological polar surface area (TPSA) is 107 Å². The molecular weight excluding hydrogens is 510 g/mol. The van der Waals surface area contributed by atoms with Crippen molar-refractivity contribution >= 4 is 39.8 Å². The predicted octanol–water partition coefficient (Wildman–Crippen LogP) is 4.88. The van der Waals surface area contributed by atoms with E-state index < -0.39 is 0 Å². The number of rotatable bonds is 10. The molecule has 1 N–H and O–H groups in total. The van der Waals surface area contributed by atoms with E-state index in [1.54, 1.807) is 29.5 Å².